The molecule has 72 valence electrons. The minimum atomic E-state index is 0.957. The first-order valence-corrected chi connectivity index (χ1v) is 6.79. The molecule has 1 aliphatic heterocycles. The van der Waals surface area contributed by atoms with Crippen molar-refractivity contribution in [2.24, 2.45) is 0 Å². The molecule has 1 nitrogen and oxygen atoms in total. The number of nitrogens with zero attached hydrogens (tertiary/aromatic N) is 1. The Balaban J connectivity index is 1.93. The van der Waals surface area contributed by atoms with Crippen molar-refractivity contribution in [1.29, 1.82) is 0 Å². The summed E-state index contributed by atoms with van der Waals surface area (Å²) in [6.45, 7) is 3.44. The van der Waals surface area contributed by atoms with Crippen LogP contribution in [0.3, 0.4) is 0 Å². The van der Waals surface area contributed by atoms with E-state index in [4.69, 9.17) is 11.6 Å². The summed E-state index contributed by atoms with van der Waals surface area (Å²) in [5.74, 6) is 2.53. The van der Waals surface area contributed by atoms with E-state index in [1.165, 1.54) is 30.2 Å². The largest absolute Gasteiger partial charge is 0.297 e. The van der Waals surface area contributed by atoms with Crippen LogP contribution in [-0.4, -0.2) is 29.5 Å². The van der Waals surface area contributed by atoms with E-state index >= 15 is 0 Å². The van der Waals surface area contributed by atoms with E-state index in [1.54, 1.807) is 11.3 Å². The summed E-state index contributed by atoms with van der Waals surface area (Å²) in [6.07, 6.45) is 0. The molecule has 0 spiro atoms. The van der Waals surface area contributed by atoms with Crippen molar-refractivity contribution in [2.75, 3.05) is 24.6 Å². The van der Waals surface area contributed by atoms with E-state index in [1.807, 2.05) is 11.8 Å². The zero-order chi connectivity index (χ0) is 9.10. The summed E-state index contributed by atoms with van der Waals surface area (Å²) >= 11 is 9.72. The minimum Gasteiger partial charge on any atom is -0.297 e. The van der Waals surface area contributed by atoms with Gasteiger partial charge in [0.2, 0.25) is 0 Å². The molecule has 0 amide bonds. The molecule has 2 heterocycles. The Kier molecular flexibility index (Phi) is 3.55. The van der Waals surface area contributed by atoms with Gasteiger partial charge in [0, 0.05) is 31.1 Å². The third-order valence-corrected chi connectivity index (χ3v) is 4.38. The van der Waals surface area contributed by atoms with Gasteiger partial charge in [-0.1, -0.05) is 11.6 Å². The Labute approximate surface area is 92.1 Å². The van der Waals surface area contributed by atoms with Crippen molar-refractivity contribution < 1.29 is 0 Å². The van der Waals surface area contributed by atoms with Gasteiger partial charge in [0.25, 0.3) is 0 Å². The van der Waals surface area contributed by atoms with Crippen molar-refractivity contribution in [3.8, 4) is 0 Å². The monoisotopic (exact) mass is 233 g/mol. The first-order chi connectivity index (χ1) is 6.36. The highest BCUT2D eigenvalue weighted by Gasteiger charge is 2.12. The lowest BCUT2D eigenvalue weighted by atomic mass is 10.3. The first kappa shape index (κ1) is 9.84. The van der Waals surface area contributed by atoms with Gasteiger partial charge in [0.1, 0.15) is 0 Å². The molecule has 1 aromatic rings. The second-order valence-electron chi connectivity index (χ2n) is 3.11. The minimum absolute atomic E-state index is 0.957. The highest BCUT2D eigenvalue weighted by Crippen LogP contribution is 2.24. The van der Waals surface area contributed by atoms with Gasteiger partial charge < -0.3 is 0 Å². The van der Waals surface area contributed by atoms with Crippen LogP contribution in [0.2, 0.25) is 4.34 Å². The van der Waals surface area contributed by atoms with Crippen molar-refractivity contribution >= 4 is 34.7 Å². The SMILES string of the molecule is Clc1sccc1CN1CCSCC1. The maximum absolute atomic E-state index is 6.05. The molecule has 1 fully saturated rings. The van der Waals surface area contributed by atoms with Gasteiger partial charge in [-0.25, -0.2) is 0 Å². The highest BCUT2D eigenvalue weighted by molar-refractivity contribution is 7.99. The Morgan fingerprint density at radius 3 is 2.77 bits per heavy atom. The summed E-state index contributed by atoms with van der Waals surface area (Å²) in [7, 11) is 0. The quantitative estimate of drug-likeness (QED) is 0.773. The Bertz CT molecular complexity index is 268. The fourth-order valence-electron chi connectivity index (χ4n) is 1.43. The predicted octanol–water partition coefficient (Wildman–Crippen LogP) is 2.95. The van der Waals surface area contributed by atoms with E-state index in [2.05, 4.69) is 16.3 Å². The third-order valence-electron chi connectivity index (χ3n) is 2.19. The van der Waals surface area contributed by atoms with Gasteiger partial charge >= 0.3 is 0 Å². The lowest BCUT2D eigenvalue weighted by Crippen LogP contribution is -2.31. The number of thiophene rings is 1. The second kappa shape index (κ2) is 4.69. The molecule has 0 bridgehead atoms. The van der Waals surface area contributed by atoms with Crippen LogP contribution in [0.25, 0.3) is 0 Å². The molecule has 0 N–H and O–H groups in total. The fourth-order valence-corrected chi connectivity index (χ4v) is 3.32. The molecule has 1 aliphatic rings. The van der Waals surface area contributed by atoms with Gasteiger partial charge in [-0.05, 0) is 17.0 Å². The van der Waals surface area contributed by atoms with Gasteiger partial charge in [-0.15, -0.1) is 11.3 Å². The molecule has 4 heteroatoms. The smallest absolute Gasteiger partial charge is 0.0973 e. The van der Waals surface area contributed by atoms with E-state index < -0.39 is 0 Å². The van der Waals surface area contributed by atoms with Crippen LogP contribution in [0.15, 0.2) is 11.4 Å². The van der Waals surface area contributed by atoms with Crippen LogP contribution in [0, 0.1) is 0 Å². The Morgan fingerprint density at radius 2 is 2.15 bits per heavy atom. The molecule has 13 heavy (non-hydrogen) atoms. The topological polar surface area (TPSA) is 3.24 Å². The zero-order valence-corrected chi connectivity index (χ0v) is 9.72. The van der Waals surface area contributed by atoms with Crippen molar-refractivity contribution in [3.05, 3.63) is 21.3 Å². The van der Waals surface area contributed by atoms with Crippen LogP contribution < -0.4 is 0 Å². The Hall–Kier alpha value is 0.300. The molecular weight excluding hydrogens is 222 g/mol. The number of thioether (sulfide) groups is 1. The second-order valence-corrected chi connectivity index (χ2v) is 5.85. The summed E-state index contributed by atoms with van der Waals surface area (Å²) in [5.41, 5.74) is 1.29. The van der Waals surface area contributed by atoms with Crippen molar-refractivity contribution in [3.63, 3.8) is 0 Å². The molecule has 0 aliphatic carbocycles. The molecule has 0 radical (unpaired) electrons. The maximum atomic E-state index is 6.05. The maximum Gasteiger partial charge on any atom is 0.0973 e. The van der Waals surface area contributed by atoms with Gasteiger partial charge in [0.05, 0.1) is 4.34 Å². The van der Waals surface area contributed by atoms with Gasteiger partial charge in [-0.2, -0.15) is 11.8 Å². The lowest BCUT2D eigenvalue weighted by molar-refractivity contribution is 0.295. The Morgan fingerprint density at radius 1 is 1.38 bits per heavy atom. The average molecular weight is 234 g/mol. The van der Waals surface area contributed by atoms with Crippen LogP contribution in [0.1, 0.15) is 5.56 Å². The van der Waals surface area contributed by atoms with Gasteiger partial charge in [-0.3, -0.25) is 4.90 Å². The number of rotatable bonds is 2. The third kappa shape index (κ3) is 2.62. The molecular formula is C9H12ClNS2. The van der Waals surface area contributed by atoms with E-state index in [-0.39, 0.29) is 0 Å². The molecule has 0 unspecified atom stereocenters. The van der Waals surface area contributed by atoms with Crippen molar-refractivity contribution in [1.82, 2.24) is 4.90 Å². The van der Waals surface area contributed by atoms with Crippen LogP contribution >= 0.6 is 34.7 Å². The van der Waals surface area contributed by atoms with Crippen LogP contribution in [-0.2, 0) is 6.54 Å². The van der Waals surface area contributed by atoms with Gasteiger partial charge in [0.15, 0.2) is 0 Å². The first-order valence-electron chi connectivity index (χ1n) is 4.38. The van der Waals surface area contributed by atoms with E-state index in [9.17, 15) is 0 Å². The fraction of sp³-hybridized carbons (Fsp3) is 0.556. The summed E-state index contributed by atoms with van der Waals surface area (Å²) in [5, 5.41) is 2.07. The number of hydrogen-bond donors (Lipinski definition) is 0. The summed E-state index contributed by atoms with van der Waals surface area (Å²) < 4.78 is 0.957. The normalized spacial score (nSPS) is 19.2. The van der Waals surface area contributed by atoms with Crippen LogP contribution in [0.4, 0.5) is 0 Å². The molecule has 0 atom stereocenters. The molecule has 2 rings (SSSR count). The van der Waals surface area contributed by atoms with E-state index in [0.717, 1.165) is 10.9 Å². The average Bonchev–Trinajstić information content (AvgIpc) is 2.54. The molecule has 0 aromatic carbocycles. The standard InChI is InChI=1S/C9H12ClNS2/c10-9-8(1-4-13-9)7-11-2-5-12-6-3-11/h1,4H,2-3,5-7H2. The van der Waals surface area contributed by atoms with Crippen LogP contribution in [0.5, 0.6) is 0 Å². The number of halogens is 1. The molecule has 1 saturated heterocycles. The summed E-state index contributed by atoms with van der Waals surface area (Å²) in [4.78, 5) is 2.48. The predicted molar refractivity (Wildman–Crippen MR) is 61.9 cm³/mol. The molecule has 0 saturated carbocycles. The number of hydrogen-bond acceptors (Lipinski definition) is 3. The summed E-state index contributed by atoms with van der Waals surface area (Å²) in [6, 6.07) is 2.13. The van der Waals surface area contributed by atoms with Crippen molar-refractivity contribution in [2.45, 2.75) is 6.54 Å². The lowest BCUT2D eigenvalue weighted by Gasteiger charge is -2.25. The van der Waals surface area contributed by atoms with E-state index in [0.29, 0.717) is 0 Å². The molecule has 1 aromatic heterocycles. The zero-order valence-electron chi connectivity index (χ0n) is 7.33. The highest BCUT2D eigenvalue weighted by atomic mass is 35.5.